The molecule has 37 heavy (non-hydrogen) atoms. The maximum absolute atomic E-state index is 15.0. The summed E-state index contributed by atoms with van der Waals surface area (Å²) in [6.45, 7) is 4.88. The normalized spacial score (nSPS) is 22.1. The molecular formula is C27H27F2N7O. The largest absolute Gasteiger partial charge is 0.366 e. The standard InChI is InChI=1S/C27H27F2N7O/c1-14-15(2)32-26-25(31-14)24(20-8-5-18(28)9-21(20)29)33-27(34-26)35-12-22(16-3-4-16)37-23(13-35)17-10-30-36(11-17)19-6-7-19/h5,8-11,16,19,22-23H,3-4,6-7,12-13H2,1-2H3/t22-,23+/m1/s1. The Morgan fingerprint density at radius 3 is 2.51 bits per heavy atom. The molecule has 7 rings (SSSR count). The number of nitrogens with zero attached hydrogens (tertiary/aromatic N) is 7. The number of ether oxygens (including phenoxy) is 1. The van der Waals surface area contributed by atoms with E-state index < -0.39 is 11.6 Å². The third-order valence-electron chi connectivity index (χ3n) is 7.59. The molecule has 3 aromatic heterocycles. The van der Waals surface area contributed by atoms with E-state index in [1.165, 1.54) is 12.1 Å². The Bertz CT molecular complexity index is 1510. The van der Waals surface area contributed by atoms with Crippen LogP contribution < -0.4 is 4.90 Å². The summed E-state index contributed by atoms with van der Waals surface area (Å²) < 4.78 is 37.3. The van der Waals surface area contributed by atoms with E-state index in [9.17, 15) is 8.78 Å². The maximum Gasteiger partial charge on any atom is 0.228 e. The van der Waals surface area contributed by atoms with Gasteiger partial charge in [0.1, 0.15) is 28.9 Å². The highest BCUT2D eigenvalue weighted by Crippen LogP contribution is 2.41. The van der Waals surface area contributed by atoms with Gasteiger partial charge in [-0.15, -0.1) is 0 Å². The lowest BCUT2D eigenvalue weighted by Gasteiger charge is -2.38. The quantitative estimate of drug-likeness (QED) is 0.384. The van der Waals surface area contributed by atoms with Crippen molar-refractivity contribution in [3.8, 4) is 11.3 Å². The number of aromatic nitrogens is 6. The van der Waals surface area contributed by atoms with E-state index in [-0.39, 0.29) is 17.8 Å². The topological polar surface area (TPSA) is 81.9 Å². The molecule has 0 amide bonds. The monoisotopic (exact) mass is 503 g/mol. The highest BCUT2D eigenvalue weighted by Gasteiger charge is 2.40. The molecule has 0 radical (unpaired) electrons. The first-order valence-electron chi connectivity index (χ1n) is 12.9. The molecule has 4 aromatic rings. The zero-order valence-electron chi connectivity index (χ0n) is 20.7. The summed E-state index contributed by atoms with van der Waals surface area (Å²) in [6, 6.07) is 3.98. The van der Waals surface area contributed by atoms with Crippen LogP contribution in [-0.2, 0) is 4.74 Å². The van der Waals surface area contributed by atoms with Gasteiger partial charge in [-0.3, -0.25) is 4.68 Å². The maximum atomic E-state index is 15.0. The molecule has 2 saturated carbocycles. The van der Waals surface area contributed by atoms with Gasteiger partial charge < -0.3 is 9.64 Å². The number of rotatable bonds is 5. The number of benzene rings is 1. The fraction of sp³-hybridized carbons (Fsp3) is 0.444. The molecule has 1 aliphatic heterocycles. The van der Waals surface area contributed by atoms with Gasteiger partial charge >= 0.3 is 0 Å². The van der Waals surface area contributed by atoms with Crippen LogP contribution in [0.3, 0.4) is 0 Å². The van der Waals surface area contributed by atoms with Crippen LogP contribution in [0.2, 0.25) is 0 Å². The van der Waals surface area contributed by atoms with Crippen molar-refractivity contribution in [3.05, 3.63) is 59.2 Å². The van der Waals surface area contributed by atoms with Gasteiger partial charge in [0.05, 0.1) is 36.3 Å². The average molecular weight is 504 g/mol. The average Bonchev–Trinajstić information content (AvgIpc) is 3.83. The third kappa shape index (κ3) is 4.22. The van der Waals surface area contributed by atoms with E-state index in [0.717, 1.165) is 43.0 Å². The Hall–Kier alpha value is -3.53. The molecular weight excluding hydrogens is 476 g/mol. The summed E-state index contributed by atoms with van der Waals surface area (Å²) >= 11 is 0. The second-order valence-corrected chi connectivity index (χ2v) is 10.5. The number of hydrogen-bond donors (Lipinski definition) is 0. The van der Waals surface area contributed by atoms with E-state index in [2.05, 4.69) is 26.2 Å². The van der Waals surface area contributed by atoms with Crippen molar-refractivity contribution in [1.29, 1.82) is 0 Å². The van der Waals surface area contributed by atoms with Crippen LogP contribution >= 0.6 is 0 Å². The van der Waals surface area contributed by atoms with Gasteiger partial charge in [-0.2, -0.15) is 10.1 Å². The number of halogens is 2. The second-order valence-electron chi connectivity index (χ2n) is 10.5. The fourth-order valence-corrected chi connectivity index (χ4v) is 5.03. The van der Waals surface area contributed by atoms with Crippen LogP contribution in [0.5, 0.6) is 0 Å². The van der Waals surface area contributed by atoms with Gasteiger partial charge in [-0.05, 0) is 57.6 Å². The van der Waals surface area contributed by atoms with Crippen molar-refractivity contribution in [2.45, 2.75) is 57.8 Å². The number of fused-ring (bicyclic) bond motifs is 1. The van der Waals surface area contributed by atoms with Gasteiger partial charge in [-0.25, -0.2) is 23.7 Å². The molecule has 1 aromatic carbocycles. The van der Waals surface area contributed by atoms with E-state index in [0.29, 0.717) is 53.5 Å². The Morgan fingerprint density at radius 2 is 1.76 bits per heavy atom. The van der Waals surface area contributed by atoms with Crippen LogP contribution in [0.25, 0.3) is 22.4 Å². The van der Waals surface area contributed by atoms with Gasteiger partial charge in [0.15, 0.2) is 5.65 Å². The lowest BCUT2D eigenvalue weighted by Crippen LogP contribution is -2.45. The lowest BCUT2D eigenvalue weighted by atomic mass is 10.1. The van der Waals surface area contributed by atoms with Crippen molar-refractivity contribution >= 4 is 17.1 Å². The third-order valence-corrected chi connectivity index (χ3v) is 7.59. The van der Waals surface area contributed by atoms with Gasteiger partial charge in [0, 0.05) is 29.9 Å². The summed E-state index contributed by atoms with van der Waals surface area (Å²) in [5.41, 5.74) is 3.75. The van der Waals surface area contributed by atoms with Gasteiger partial charge in [0.2, 0.25) is 5.95 Å². The number of hydrogen-bond acceptors (Lipinski definition) is 7. The molecule has 1 saturated heterocycles. The highest BCUT2D eigenvalue weighted by atomic mass is 19.1. The predicted octanol–water partition coefficient (Wildman–Crippen LogP) is 4.87. The minimum absolute atomic E-state index is 0.0409. The van der Waals surface area contributed by atoms with Crippen molar-refractivity contribution in [2.75, 3.05) is 18.0 Å². The molecule has 0 spiro atoms. The van der Waals surface area contributed by atoms with Crippen LogP contribution in [0.1, 0.15) is 54.8 Å². The lowest BCUT2D eigenvalue weighted by molar-refractivity contribution is -0.0390. The minimum atomic E-state index is -0.700. The van der Waals surface area contributed by atoms with Crippen LogP contribution in [-0.4, -0.2) is 48.9 Å². The van der Waals surface area contributed by atoms with E-state index in [1.807, 2.05) is 24.7 Å². The molecule has 3 fully saturated rings. The molecule has 190 valence electrons. The molecule has 3 aliphatic rings. The Balaban J connectivity index is 1.32. The molecule has 0 bridgehead atoms. The molecule has 0 N–H and O–H groups in total. The second kappa shape index (κ2) is 8.51. The number of morpholine rings is 1. The molecule has 10 heteroatoms. The SMILES string of the molecule is Cc1nc2nc(N3C[C@@H](c4cnn(C5CC5)c4)O[C@@H](C4CC4)C3)nc(-c3ccc(F)cc3F)c2nc1C. The molecule has 4 heterocycles. The summed E-state index contributed by atoms with van der Waals surface area (Å²) in [4.78, 5) is 21.0. The van der Waals surface area contributed by atoms with Gasteiger partial charge in [-0.1, -0.05) is 0 Å². The minimum Gasteiger partial charge on any atom is -0.366 e. The van der Waals surface area contributed by atoms with Gasteiger partial charge in [0.25, 0.3) is 0 Å². The predicted molar refractivity (Wildman–Crippen MR) is 133 cm³/mol. The zero-order chi connectivity index (χ0) is 25.3. The van der Waals surface area contributed by atoms with Crippen molar-refractivity contribution in [1.82, 2.24) is 29.7 Å². The van der Waals surface area contributed by atoms with E-state index in [1.54, 1.807) is 0 Å². The number of anilines is 1. The van der Waals surface area contributed by atoms with E-state index in [4.69, 9.17) is 14.7 Å². The van der Waals surface area contributed by atoms with Crippen molar-refractivity contribution in [3.63, 3.8) is 0 Å². The molecule has 8 nitrogen and oxygen atoms in total. The summed E-state index contributed by atoms with van der Waals surface area (Å²) in [5, 5.41) is 4.56. The molecule has 2 aliphatic carbocycles. The fourth-order valence-electron chi connectivity index (χ4n) is 5.03. The Labute approximate surface area is 212 Å². The smallest absolute Gasteiger partial charge is 0.228 e. The van der Waals surface area contributed by atoms with Crippen LogP contribution in [0, 0.1) is 31.4 Å². The first-order valence-corrected chi connectivity index (χ1v) is 12.9. The number of aryl methyl sites for hydroxylation is 2. The highest BCUT2D eigenvalue weighted by molar-refractivity contribution is 5.88. The Kier molecular flexibility index (Phi) is 5.21. The first kappa shape index (κ1) is 22.7. The zero-order valence-corrected chi connectivity index (χ0v) is 20.7. The molecule has 2 atom stereocenters. The molecule has 0 unspecified atom stereocenters. The summed E-state index contributed by atoms with van der Waals surface area (Å²) in [7, 11) is 0. The summed E-state index contributed by atoms with van der Waals surface area (Å²) in [5.74, 6) is -0.401. The van der Waals surface area contributed by atoms with Crippen molar-refractivity contribution < 1.29 is 13.5 Å². The Morgan fingerprint density at radius 1 is 0.946 bits per heavy atom. The summed E-state index contributed by atoms with van der Waals surface area (Å²) in [6.07, 6.45) is 8.46. The van der Waals surface area contributed by atoms with Crippen LogP contribution in [0.15, 0.2) is 30.6 Å². The van der Waals surface area contributed by atoms with Crippen molar-refractivity contribution in [2.24, 2.45) is 5.92 Å². The van der Waals surface area contributed by atoms with Crippen LogP contribution in [0.4, 0.5) is 14.7 Å². The first-order chi connectivity index (χ1) is 17.9. The van der Waals surface area contributed by atoms with E-state index >= 15 is 0 Å².